The van der Waals surface area contributed by atoms with Gasteiger partial charge in [0.15, 0.2) is 0 Å². The lowest BCUT2D eigenvalue weighted by Gasteiger charge is -2.32. The number of amides is 1. The highest BCUT2D eigenvalue weighted by atomic mass is 79.9. The van der Waals surface area contributed by atoms with Gasteiger partial charge in [-0.15, -0.1) is 0 Å². The van der Waals surface area contributed by atoms with E-state index in [1.54, 1.807) is 0 Å². The molecule has 0 radical (unpaired) electrons. The Kier molecular flexibility index (Phi) is 2.09. The van der Waals surface area contributed by atoms with Gasteiger partial charge in [0.1, 0.15) is 0 Å². The molecule has 0 bridgehead atoms. The number of nitrogens with zero attached hydrogens (tertiary/aromatic N) is 1. The molecule has 0 aromatic heterocycles. The highest BCUT2D eigenvalue weighted by molar-refractivity contribution is 9.10. The van der Waals surface area contributed by atoms with Gasteiger partial charge in [0, 0.05) is 11.0 Å². The quantitative estimate of drug-likeness (QED) is 0.707. The van der Waals surface area contributed by atoms with Crippen molar-refractivity contribution in [3.05, 3.63) is 33.8 Å². The van der Waals surface area contributed by atoms with Crippen LogP contribution in [0.5, 0.6) is 0 Å². The molecule has 1 aromatic carbocycles. The largest absolute Gasteiger partial charge is 0.335 e. The number of fused-ring (bicyclic) bond motifs is 3. The first kappa shape index (κ1) is 9.40. The van der Waals surface area contributed by atoms with Gasteiger partial charge in [-0.1, -0.05) is 28.1 Å². The van der Waals surface area contributed by atoms with Crippen LogP contribution in [0.1, 0.15) is 30.0 Å². The minimum atomic E-state index is 0.289. The van der Waals surface area contributed by atoms with Gasteiger partial charge < -0.3 is 4.90 Å². The average molecular weight is 266 g/mol. The Hall–Kier alpha value is -0.830. The Morgan fingerprint density at radius 1 is 1.40 bits per heavy atom. The van der Waals surface area contributed by atoms with Crippen molar-refractivity contribution in [1.29, 1.82) is 0 Å². The first-order valence-electron chi connectivity index (χ1n) is 5.34. The van der Waals surface area contributed by atoms with Gasteiger partial charge in [0.25, 0.3) is 0 Å². The van der Waals surface area contributed by atoms with E-state index in [9.17, 15) is 4.79 Å². The molecule has 3 heteroatoms. The second-order valence-electron chi connectivity index (χ2n) is 4.23. The standard InChI is InChI=1S/C12H12BrNO/c13-10-4-1-3-8-9(10)7-12(15)14-6-2-5-11(8)14/h1,3-4,11H,2,5-7H2. The first-order chi connectivity index (χ1) is 7.27. The van der Waals surface area contributed by atoms with E-state index in [1.807, 2.05) is 11.0 Å². The fraction of sp³-hybridized carbons (Fsp3) is 0.417. The second kappa shape index (κ2) is 3.34. The normalized spacial score (nSPS) is 23.9. The third kappa shape index (κ3) is 1.33. The van der Waals surface area contributed by atoms with Crippen molar-refractivity contribution < 1.29 is 4.79 Å². The van der Waals surface area contributed by atoms with Crippen LogP contribution in [0.2, 0.25) is 0 Å². The molecule has 2 aliphatic rings. The van der Waals surface area contributed by atoms with E-state index >= 15 is 0 Å². The van der Waals surface area contributed by atoms with Crippen molar-refractivity contribution in [2.24, 2.45) is 0 Å². The summed E-state index contributed by atoms with van der Waals surface area (Å²) in [4.78, 5) is 13.9. The maximum Gasteiger partial charge on any atom is 0.227 e. The zero-order valence-corrected chi connectivity index (χ0v) is 9.96. The minimum absolute atomic E-state index is 0.289. The summed E-state index contributed by atoms with van der Waals surface area (Å²) >= 11 is 3.54. The monoisotopic (exact) mass is 265 g/mol. The average Bonchev–Trinajstić information content (AvgIpc) is 2.69. The van der Waals surface area contributed by atoms with E-state index in [1.165, 1.54) is 11.1 Å². The number of hydrogen-bond acceptors (Lipinski definition) is 1. The van der Waals surface area contributed by atoms with Gasteiger partial charge in [-0.2, -0.15) is 0 Å². The molecule has 1 amide bonds. The van der Waals surface area contributed by atoms with Crippen LogP contribution in [0.4, 0.5) is 0 Å². The molecule has 3 rings (SSSR count). The van der Waals surface area contributed by atoms with E-state index < -0.39 is 0 Å². The van der Waals surface area contributed by atoms with E-state index in [4.69, 9.17) is 0 Å². The smallest absolute Gasteiger partial charge is 0.227 e. The summed E-state index contributed by atoms with van der Waals surface area (Å²) in [6, 6.07) is 6.60. The zero-order chi connectivity index (χ0) is 10.4. The maximum absolute atomic E-state index is 11.9. The number of benzene rings is 1. The van der Waals surface area contributed by atoms with E-state index in [0.717, 1.165) is 23.9 Å². The highest BCUT2D eigenvalue weighted by Gasteiger charge is 2.36. The van der Waals surface area contributed by atoms with Crippen LogP contribution in [0.25, 0.3) is 0 Å². The van der Waals surface area contributed by atoms with Crippen LogP contribution >= 0.6 is 15.9 Å². The molecule has 1 unspecified atom stereocenters. The first-order valence-corrected chi connectivity index (χ1v) is 6.13. The van der Waals surface area contributed by atoms with Crippen molar-refractivity contribution in [2.45, 2.75) is 25.3 Å². The van der Waals surface area contributed by atoms with Crippen LogP contribution in [0, 0.1) is 0 Å². The Balaban J connectivity index is 2.15. The Labute approximate surface area is 97.4 Å². The van der Waals surface area contributed by atoms with Crippen LogP contribution in [0.3, 0.4) is 0 Å². The van der Waals surface area contributed by atoms with Crippen molar-refractivity contribution in [3.63, 3.8) is 0 Å². The third-order valence-electron chi connectivity index (χ3n) is 3.42. The molecule has 0 N–H and O–H groups in total. The van der Waals surface area contributed by atoms with Crippen LogP contribution in [-0.2, 0) is 11.2 Å². The molecular formula is C12H12BrNO. The van der Waals surface area contributed by atoms with Gasteiger partial charge in [-0.3, -0.25) is 4.79 Å². The van der Waals surface area contributed by atoms with Crippen molar-refractivity contribution in [3.8, 4) is 0 Å². The number of halogens is 1. The molecule has 1 saturated heterocycles. The molecule has 1 aromatic rings. The topological polar surface area (TPSA) is 20.3 Å². The van der Waals surface area contributed by atoms with Crippen LogP contribution in [-0.4, -0.2) is 17.4 Å². The van der Waals surface area contributed by atoms with Gasteiger partial charge in [-0.25, -0.2) is 0 Å². The lowest BCUT2D eigenvalue weighted by molar-refractivity contribution is -0.132. The molecule has 78 valence electrons. The van der Waals surface area contributed by atoms with Gasteiger partial charge in [-0.05, 0) is 30.0 Å². The summed E-state index contributed by atoms with van der Waals surface area (Å²) in [5.41, 5.74) is 2.55. The Bertz CT molecular complexity index is 430. The van der Waals surface area contributed by atoms with E-state index in [0.29, 0.717) is 12.5 Å². The molecule has 0 aliphatic carbocycles. The molecule has 2 aliphatic heterocycles. The SMILES string of the molecule is O=C1Cc2c(Br)cccc2C2CCCN12. The van der Waals surface area contributed by atoms with Crippen LogP contribution < -0.4 is 0 Å². The molecule has 2 nitrogen and oxygen atoms in total. The van der Waals surface area contributed by atoms with E-state index in [2.05, 4.69) is 28.1 Å². The number of carbonyl (C=O) groups excluding carboxylic acids is 1. The summed E-state index contributed by atoms with van der Waals surface area (Å²) in [5, 5.41) is 0. The molecule has 15 heavy (non-hydrogen) atoms. The fourth-order valence-electron chi connectivity index (χ4n) is 2.72. The number of hydrogen-bond donors (Lipinski definition) is 0. The highest BCUT2D eigenvalue weighted by Crippen LogP contribution is 2.40. The Morgan fingerprint density at radius 3 is 3.13 bits per heavy atom. The van der Waals surface area contributed by atoms with Gasteiger partial charge in [0.2, 0.25) is 5.91 Å². The maximum atomic E-state index is 11.9. The molecule has 1 atom stereocenters. The molecule has 0 saturated carbocycles. The number of rotatable bonds is 0. The third-order valence-corrected chi connectivity index (χ3v) is 4.16. The lowest BCUT2D eigenvalue weighted by Crippen LogP contribution is -2.36. The second-order valence-corrected chi connectivity index (χ2v) is 5.08. The summed E-state index contributed by atoms with van der Waals surface area (Å²) in [6.07, 6.45) is 2.82. The van der Waals surface area contributed by atoms with Crippen molar-refractivity contribution in [1.82, 2.24) is 4.90 Å². The summed E-state index contributed by atoms with van der Waals surface area (Å²) < 4.78 is 1.08. The van der Waals surface area contributed by atoms with Crippen molar-refractivity contribution >= 4 is 21.8 Å². The number of carbonyl (C=O) groups is 1. The fourth-order valence-corrected chi connectivity index (χ4v) is 3.24. The van der Waals surface area contributed by atoms with Gasteiger partial charge in [0.05, 0.1) is 12.5 Å². The summed E-state index contributed by atoms with van der Waals surface area (Å²) in [5.74, 6) is 0.289. The minimum Gasteiger partial charge on any atom is -0.335 e. The zero-order valence-electron chi connectivity index (χ0n) is 8.37. The predicted octanol–water partition coefficient (Wildman–Crippen LogP) is 2.67. The Morgan fingerprint density at radius 2 is 2.27 bits per heavy atom. The molecule has 1 fully saturated rings. The lowest BCUT2D eigenvalue weighted by atomic mass is 9.92. The van der Waals surface area contributed by atoms with E-state index in [-0.39, 0.29) is 5.91 Å². The van der Waals surface area contributed by atoms with Gasteiger partial charge >= 0.3 is 0 Å². The molecular weight excluding hydrogens is 254 g/mol. The summed E-state index contributed by atoms with van der Waals surface area (Å²) in [6.45, 7) is 0.940. The molecule has 2 heterocycles. The summed E-state index contributed by atoms with van der Waals surface area (Å²) in [7, 11) is 0. The van der Waals surface area contributed by atoms with Crippen LogP contribution in [0.15, 0.2) is 22.7 Å². The molecule has 0 spiro atoms. The van der Waals surface area contributed by atoms with Crippen molar-refractivity contribution in [2.75, 3.05) is 6.54 Å². The predicted molar refractivity (Wildman–Crippen MR) is 61.5 cm³/mol.